The van der Waals surface area contributed by atoms with E-state index >= 15 is 0 Å². The van der Waals surface area contributed by atoms with Crippen molar-refractivity contribution in [1.29, 1.82) is 0 Å². The standard InChI is InChI=1S/C21H19ClN2O4S/c1-28-17-10-6-15(7-11-17)14-21(25)23-16-8-12-18(13-9-16)29(26,27)24-20-5-3-2-4-19(20)22/h2-13,24H,14H2,1H3,(H,23,25). The lowest BCUT2D eigenvalue weighted by Gasteiger charge is -2.10. The number of benzene rings is 3. The van der Waals surface area contributed by atoms with Gasteiger partial charge in [0.2, 0.25) is 5.91 Å². The van der Waals surface area contributed by atoms with Crippen LogP contribution in [0.3, 0.4) is 0 Å². The lowest BCUT2D eigenvalue weighted by Crippen LogP contribution is -2.15. The maximum atomic E-state index is 12.5. The number of sulfonamides is 1. The van der Waals surface area contributed by atoms with E-state index in [1.54, 1.807) is 43.5 Å². The summed E-state index contributed by atoms with van der Waals surface area (Å²) in [6.45, 7) is 0. The molecule has 0 atom stereocenters. The topological polar surface area (TPSA) is 84.5 Å². The number of nitrogens with one attached hydrogen (secondary N) is 2. The van der Waals surface area contributed by atoms with E-state index < -0.39 is 10.0 Å². The van der Waals surface area contributed by atoms with Crippen molar-refractivity contribution in [2.24, 2.45) is 0 Å². The van der Waals surface area contributed by atoms with Crippen LogP contribution in [0.25, 0.3) is 0 Å². The largest absolute Gasteiger partial charge is 0.497 e. The fraction of sp³-hybridized carbons (Fsp3) is 0.0952. The average molecular weight is 431 g/mol. The third-order valence-corrected chi connectivity index (χ3v) is 5.80. The van der Waals surface area contributed by atoms with Crippen LogP contribution in [0.2, 0.25) is 5.02 Å². The Balaban J connectivity index is 1.64. The van der Waals surface area contributed by atoms with Crippen molar-refractivity contribution >= 4 is 38.9 Å². The molecule has 3 aromatic carbocycles. The number of carbonyl (C=O) groups excluding carboxylic acids is 1. The molecule has 0 spiro atoms. The highest BCUT2D eigenvalue weighted by Crippen LogP contribution is 2.24. The molecule has 0 aliphatic rings. The Labute approximate surface area is 174 Å². The van der Waals surface area contributed by atoms with Gasteiger partial charge in [0.05, 0.1) is 29.1 Å². The Bertz CT molecular complexity index is 1100. The van der Waals surface area contributed by atoms with Gasteiger partial charge >= 0.3 is 0 Å². The number of methoxy groups -OCH3 is 1. The molecule has 0 radical (unpaired) electrons. The van der Waals surface area contributed by atoms with Gasteiger partial charge in [-0.3, -0.25) is 9.52 Å². The van der Waals surface area contributed by atoms with Gasteiger partial charge in [-0.2, -0.15) is 0 Å². The molecule has 0 unspecified atom stereocenters. The van der Waals surface area contributed by atoms with Crippen LogP contribution < -0.4 is 14.8 Å². The van der Waals surface area contributed by atoms with Crippen LogP contribution in [0.4, 0.5) is 11.4 Å². The Morgan fingerprint density at radius 3 is 2.24 bits per heavy atom. The van der Waals surface area contributed by atoms with Crippen molar-refractivity contribution in [2.75, 3.05) is 17.1 Å². The SMILES string of the molecule is COc1ccc(CC(=O)Nc2ccc(S(=O)(=O)Nc3ccccc3Cl)cc2)cc1. The predicted octanol–water partition coefficient (Wildman–Crippen LogP) is 4.33. The van der Waals surface area contributed by atoms with E-state index in [1.807, 2.05) is 12.1 Å². The van der Waals surface area contributed by atoms with E-state index in [0.29, 0.717) is 16.4 Å². The van der Waals surface area contributed by atoms with Gasteiger partial charge in [0.25, 0.3) is 10.0 Å². The molecular weight excluding hydrogens is 412 g/mol. The minimum absolute atomic E-state index is 0.0607. The molecule has 0 heterocycles. The van der Waals surface area contributed by atoms with Crippen LogP contribution in [0.1, 0.15) is 5.56 Å². The first-order valence-corrected chi connectivity index (χ1v) is 10.5. The summed E-state index contributed by atoms with van der Waals surface area (Å²) in [5.41, 5.74) is 1.64. The summed E-state index contributed by atoms with van der Waals surface area (Å²) in [5.74, 6) is 0.510. The highest BCUT2D eigenvalue weighted by Gasteiger charge is 2.15. The number of rotatable bonds is 7. The second-order valence-corrected chi connectivity index (χ2v) is 8.27. The third kappa shape index (κ3) is 5.49. The zero-order valence-electron chi connectivity index (χ0n) is 15.6. The van der Waals surface area contributed by atoms with Gasteiger partial charge < -0.3 is 10.1 Å². The summed E-state index contributed by atoms with van der Waals surface area (Å²) in [4.78, 5) is 12.3. The number of anilines is 2. The van der Waals surface area contributed by atoms with Crippen molar-refractivity contribution < 1.29 is 17.9 Å². The van der Waals surface area contributed by atoms with Gasteiger partial charge in [-0.15, -0.1) is 0 Å². The summed E-state index contributed by atoms with van der Waals surface area (Å²) in [6.07, 6.45) is 0.193. The third-order valence-electron chi connectivity index (χ3n) is 4.09. The summed E-state index contributed by atoms with van der Waals surface area (Å²) < 4.78 is 32.6. The first-order chi connectivity index (χ1) is 13.9. The van der Waals surface area contributed by atoms with E-state index in [4.69, 9.17) is 16.3 Å². The molecule has 0 bridgehead atoms. The maximum absolute atomic E-state index is 12.5. The van der Waals surface area contributed by atoms with Crippen LogP contribution in [-0.2, 0) is 21.2 Å². The van der Waals surface area contributed by atoms with Crippen molar-refractivity contribution in [1.82, 2.24) is 0 Å². The highest BCUT2D eigenvalue weighted by molar-refractivity contribution is 7.92. The number of hydrogen-bond acceptors (Lipinski definition) is 4. The first-order valence-electron chi connectivity index (χ1n) is 8.67. The molecule has 0 aliphatic heterocycles. The van der Waals surface area contributed by atoms with Crippen molar-refractivity contribution in [3.8, 4) is 5.75 Å². The number of para-hydroxylation sites is 1. The van der Waals surface area contributed by atoms with Crippen molar-refractivity contribution in [3.05, 3.63) is 83.4 Å². The molecule has 2 N–H and O–H groups in total. The van der Waals surface area contributed by atoms with Gasteiger partial charge in [-0.1, -0.05) is 35.9 Å². The lowest BCUT2D eigenvalue weighted by molar-refractivity contribution is -0.115. The average Bonchev–Trinajstić information content (AvgIpc) is 2.70. The molecule has 6 nitrogen and oxygen atoms in total. The van der Waals surface area contributed by atoms with Crippen molar-refractivity contribution in [2.45, 2.75) is 11.3 Å². The fourth-order valence-electron chi connectivity index (χ4n) is 2.60. The molecule has 1 amide bonds. The van der Waals surface area contributed by atoms with Crippen LogP contribution in [0.15, 0.2) is 77.7 Å². The molecule has 3 aromatic rings. The minimum atomic E-state index is -3.80. The smallest absolute Gasteiger partial charge is 0.261 e. The molecule has 8 heteroatoms. The fourth-order valence-corrected chi connectivity index (χ4v) is 3.92. The first kappa shape index (κ1) is 20.7. The zero-order valence-corrected chi connectivity index (χ0v) is 17.1. The normalized spacial score (nSPS) is 11.0. The number of amides is 1. The van der Waals surface area contributed by atoms with Crippen LogP contribution in [0, 0.1) is 0 Å². The number of hydrogen-bond donors (Lipinski definition) is 2. The summed E-state index contributed by atoms with van der Waals surface area (Å²) in [7, 11) is -2.22. The van der Waals surface area contributed by atoms with Gasteiger partial charge in [0.1, 0.15) is 5.75 Å². The van der Waals surface area contributed by atoms with Gasteiger partial charge in [0.15, 0.2) is 0 Å². The molecule has 0 aromatic heterocycles. The van der Waals surface area contributed by atoms with E-state index in [-0.39, 0.29) is 17.2 Å². The Kier molecular flexibility index (Phi) is 6.41. The molecule has 0 saturated carbocycles. The zero-order chi connectivity index (χ0) is 20.9. The lowest BCUT2D eigenvalue weighted by atomic mass is 10.1. The van der Waals surface area contributed by atoms with Gasteiger partial charge in [-0.25, -0.2) is 8.42 Å². The maximum Gasteiger partial charge on any atom is 0.261 e. The monoisotopic (exact) mass is 430 g/mol. The Hall–Kier alpha value is -3.03. The molecule has 150 valence electrons. The Morgan fingerprint density at radius 1 is 0.966 bits per heavy atom. The molecular formula is C21H19ClN2O4S. The number of carbonyl (C=O) groups is 1. The summed E-state index contributed by atoms with van der Waals surface area (Å²) in [6, 6.07) is 19.7. The molecule has 0 saturated heterocycles. The molecule has 29 heavy (non-hydrogen) atoms. The highest BCUT2D eigenvalue weighted by atomic mass is 35.5. The minimum Gasteiger partial charge on any atom is -0.497 e. The molecule has 3 rings (SSSR count). The van der Waals surface area contributed by atoms with E-state index in [9.17, 15) is 13.2 Å². The second kappa shape index (κ2) is 8.98. The predicted molar refractivity (Wildman–Crippen MR) is 114 cm³/mol. The molecule has 0 fully saturated rings. The van der Waals surface area contributed by atoms with E-state index in [0.717, 1.165) is 11.3 Å². The second-order valence-electron chi connectivity index (χ2n) is 6.18. The summed E-state index contributed by atoms with van der Waals surface area (Å²) in [5, 5.41) is 3.05. The van der Waals surface area contributed by atoms with Crippen molar-refractivity contribution in [3.63, 3.8) is 0 Å². The van der Waals surface area contributed by atoms with Gasteiger partial charge in [0, 0.05) is 5.69 Å². The van der Waals surface area contributed by atoms with Crippen LogP contribution >= 0.6 is 11.6 Å². The molecule has 0 aliphatic carbocycles. The van der Waals surface area contributed by atoms with Crippen LogP contribution in [0.5, 0.6) is 5.75 Å². The number of halogens is 1. The summed E-state index contributed by atoms with van der Waals surface area (Å²) >= 11 is 6.00. The van der Waals surface area contributed by atoms with Gasteiger partial charge in [-0.05, 0) is 54.1 Å². The van der Waals surface area contributed by atoms with Crippen LogP contribution in [-0.4, -0.2) is 21.4 Å². The number of ether oxygens (including phenoxy) is 1. The Morgan fingerprint density at radius 2 is 1.62 bits per heavy atom. The quantitative estimate of drug-likeness (QED) is 0.584. The van der Waals surface area contributed by atoms with E-state index in [1.165, 1.54) is 24.3 Å². The van der Waals surface area contributed by atoms with E-state index in [2.05, 4.69) is 10.0 Å².